The summed E-state index contributed by atoms with van der Waals surface area (Å²) in [6.45, 7) is 1.81. The predicted octanol–water partition coefficient (Wildman–Crippen LogP) is 4.73. The average Bonchev–Trinajstić information content (AvgIpc) is 2.62. The Morgan fingerprint density at radius 3 is 2.65 bits per heavy atom. The summed E-state index contributed by atoms with van der Waals surface area (Å²) in [6.07, 6.45) is 0. The van der Waals surface area contributed by atoms with E-state index in [1.54, 1.807) is 6.07 Å². The zero-order chi connectivity index (χ0) is 12.6. The highest BCUT2D eigenvalue weighted by Crippen LogP contribution is 2.30. The summed E-state index contributed by atoms with van der Waals surface area (Å²) in [4.78, 5) is 12.5. The zero-order valence-corrected chi connectivity index (χ0v) is 11.1. The van der Waals surface area contributed by atoms with Crippen LogP contribution in [0.25, 0.3) is 0 Å². The Kier molecular flexibility index (Phi) is 3.52. The molecular formula is C12H7Cl2FOS. The minimum absolute atomic E-state index is 0.153. The van der Waals surface area contributed by atoms with Crippen molar-refractivity contribution < 1.29 is 9.18 Å². The predicted molar refractivity (Wildman–Crippen MR) is 68.9 cm³/mol. The maximum atomic E-state index is 13.2. The second kappa shape index (κ2) is 4.77. The van der Waals surface area contributed by atoms with Gasteiger partial charge in [-0.3, -0.25) is 4.79 Å². The third-order valence-electron chi connectivity index (χ3n) is 2.28. The summed E-state index contributed by atoms with van der Waals surface area (Å²) in [5.41, 5.74) is 0.983. The van der Waals surface area contributed by atoms with Gasteiger partial charge in [0, 0.05) is 5.56 Å². The molecule has 0 N–H and O–H groups in total. The van der Waals surface area contributed by atoms with Crippen molar-refractivity contribution in [3.05, 3.63) is 55.4 Å². The minimum atomic E-state index is -0.600. The number of carbonyl (C=O) groups is 1. The third kappa shape index (κ3) is 2.37. The van der Waals surface area contributed by atoms with E-state index in [0.29, 0.717) is 9.21 Å². The number of hydrogen-bond donors (Lipinski definition) is 0. The van der Waals surface area contributed by atoms with Crippen LogP contribution in [-0.2, 0) is 0 Å². The van der Waals surface area contributed by atoms with Crippen molar-refractivity contribution in [2.24, 2.45) is 0 Å². The minimum Gasteiger partial charge on any atom is -0.288 e. The monoisotopic (exact) mass is 288 g/mol. The fourth-order valence-electron chi connectivity index (χ4n) is 1.38. The van der Waals surface area contributed by atoms with Crippen molar-refractivity contribution in [2.75, 3.05) is 0 Å². The fourth-order valence-corrected chi connectivity index (χ4v) is 2.75. The van der Waals surface area contributed by atoms with Gasteiger partial charge in [0.2, 0.25) is 5.78 Å². The third-order valence-corrected chi connectivity index (χ3v) is 4.22. The topological polar surface area (TPSA) is 17.1 Å². The SMILES string of the molecule is Cc1cc(C(=O)c2cccc(F)c2Cl)sc1Cl. The lowest BCUT2D eigenvalue weighted by molar-refractivity contribution is 0.104. The van der Waals surface area contributed by atoms with Gasteiger partial charge in [-0.25, -0.2) is 4.39 Å². The van der Waals surface area contributed by atoms with Gasteiger partial charge in [0.25, 0.3) is 0 Å². The molecule has 17 heavy (non-hydrogen) atoms. The number of carbonyl (C=O) groups excluding carboxylic acids is 1. The first-order valence-electron chi connectivity index (χ1n) is 4.75. The number of ketones is 1. The molecule has 0 saturated carbocycles. The Hall–Kier alpha value is -0.900. The Morgan fingerprint density at radius 2 is 2.06 bits per heavy atom. The number of rotatable bonds is 2. The van der Waals surface area contributed by atoms with Crippen LogP contribution in [0.1, 0.15) is 20.8 Å². The zero-order valence-electron chi connectivity index (χ0n) is 8.76. The molecule has 1 aromatic heterocycles. The highest BCUT2D eigenvalue weighted by molar-refractivity contribution is 7.18. The first-order chi connectivity index (χ1) is 8.00. The molecule has 0 atom stereocenters. The van der Waals surface area contributed by atoms with E-state index in [-0.39, 0.29) is 16.4 Å². The highest BCUT2D eigenvalue weighted by atomic mass is 35.5. The summed E-state index contributed by atoms with van der Waals surface area (Å²) in [6, 6.07) is 5.84. The second-order valence-corrected chi connectivity index (χ2v) is 5.53. The Morgan fingerprint density at radius 1 is 1.35 bits per heavy atom. The number of hydrogen-bond acceptors (Lipinski definition) is 2. The molecule has 0 unspecified atom stereocenters. The molecule has 2 rings (SSSR count). The van der Waals surface area contributed by atoms with Gasteiger partial charge in [-0.2, -0.15) is 0 Å². The van der Waals surface area contributed by atoms with Crippen LogP contribution in [0.2, 0.25) is 9.36 Å². The van der Waals surface area contributed by atoms with Crippen molar-refractivity contribution in [1.29, 1.82) is 0 Å². The van der Waals surface area contributed by atoms with E-state index >= 15 is 0 Å². The second-order valence-electron chi connectivity index (χ2n) is 3.50. The molecule has 0 fully saturated rings. The van der Waals surface area contributed by atoms with Gasteiger partial charge in [0.15, 0.2) is 0 Å². The molecular weight excluding hydrogens is 282 g/mol. The van der Waals surface area contributed by atoms with Crippen molar-refractivity contribution in [2.45, 2.75) is 6.92 Å². The molecule has 2 aromatic rings. The Balaban J connectivity index is 2.47. The van der Waals surface area contributed by atoms with Gasteiger partial charge in [-0.1, -0.05) is 29.3 Å². The molecule has 0 saturated heterocycles. The molecule has 88 valence electrons. The van der Waals surface area contributed by atoms with Crippen LogP contribution in [0.3, 0.4) is 0 Å². The van der Waals surface area contributed by atoms with E-state index in [1.165, 1.54) is 29.5 Å². The summed E-state index contributed by atoms with van der Waals surface area (Å²) >= 11 is 12.8. The van der Waals surface area contributed by atoms with Crippen molar-refractivity contribution in [3.8, 4) is 0 Å². The van der Waals surface area contributed by atoms with Crippen molar-refractivity contribution in [3.63, 3.8) is 0 Å². The summed E-state index contributed by atoms with van der Waals surface area (Å²) < 4.78 is 13.8. The Labute approximate surface area is 112 Å². The number of thiophene rings is 1. The number of halogens is 3. The summed E-state index contributed by atoms with van der Waals surface area (Å²) in [5.74, 6) is -0.911. The molecule has 0 amide bonds. The quantitative estimate of drug-likeness (QED) is 0.730. The van der Waals surface area contributed by atoms with Gasteiger partial charge >= 0.3 is 0 Å². The molecule has 0 spiro atoms. The van der Waals surface area contributed by atoms with Crippen LogP contribution in [0, 0.1) is 12.7 Å². The van der Waals surface area contributed by atoms with E-state index < -0.39 is 5.82 Å². The van der Waals surface area contributed by atoms with E-state index in [2.05, 4.69) is 0 Å². The van der Waals surface area contributed by atoms with E-state index in [9.17, 15) is 9.18 Å². The smallest absolute Gasteiger partial charge is 0.204 e. The molecule has 0 aliphatic carbocycles. The van der Waals surface area contributed by atoms with E-state index in [0.717, 1.165) is 5.56 Å². The first-order valence-corrected chi connectivity index (χ1v) is 6.32. The van der Waals surface area contributed by atoms with Gasteiger partial charge in [-0.15, -0.1) is 11.3 Å². The normalized spacial score (nSPS) is 10.6. The van der Waals surface area contributed by atoms with E-state index in [4.69, 9.17) is 23.2 Å². The number of benzene rings is 1. The van der Waals surface area contributed by atoms with Crippen LogP contribution >= 0.6 is 34.5 Å². The lowest BCUT2D eigenvalue weighted by Crippen LogP contribution is -2.00. The van der Waals surface area contributed by atoms with Crippen LogP contribution in [0.4, 0.5) is 4.39 Å². The summed E-state index contributed by atoms with van der Waals surface area (Å²) in [7, 11) is 0. The van der Waals surface area contributed by atoms with Gasteiger partial charge in [-0.05, 0) is 30.7 Å². The fraction of sp³-hybridized carbons (Fsp3) is 0.0833. The standard InChI is InChI=1S/C12H7Cl2FOS/c1-6-5-9(17-12(6)14)11(16)7-3-2-4-8(15)10(7)13/h2-5H,1H3. The van der Waals surface area contributed by atoms with Crippen LogP contribution in [-0.4, -0.2) is 5.78 Å². The first kappa shape index (κ1) is 12.6. The van der Waals surface area contributed by atoms with Gasteiger partial charge in [0.1, 0.15) is 5.82 Å². The lowest BCUT2D eigenvalue weighted by atomic mass is 10.1. The Bertz CT molecular complexity index is 573. The molecule has 1 heterocycles. The van der Waals surface area contributed by atoms with Crippen molar-refractivity contribution >= 4 is 40.3 Å². The molecule has 0 bridgehead atoms. The van der Waals surface area contributed by atoms with E-state index in [1.807, 2.05) is 6.92 Å². The number of aryl methyl sites for hydroxylation is 1. The van der Waals surface area contributed by atoms with Crippen molar-refractivity contribution in [1.82, 2.24) is 0 Å². The van der Waals surface area contributed by atoms with Crippen LogP contribution < -0.4 is 0 Å². The van der Waals surface area contributed by atoms with Gasteiger partial charge in [0.05, 0.1) is 14.2 Å². The summed E-state index contributed by atoms with van der Waals surface area (Å²) in [5, 5.41) is -0.153. The largest absolute Gasteiger partial charge is 0.288 e. The molecule has 0 radical (unpaired) electrons. The lowest BCUT2D eigenvalue weighted by Gasteiger charge is -2.01. The maximum absolute atomic E-state index is 13.2. The molecule has 0 aliphatic rings. The average molecular weight is 289 g/mol. The molecule has 1 nitrogen and oxygen atoms in total. The highest BCUT2D eigenvalue weighted by Gasteiger charge is 2.18. The molecule has 5 heteroatoms. The maximum Gasteiger partial charge on any atom is 0.204 e. The molecule has 1 aromatic carbocycles. The van der Waals surface area contributed by atoms with Crippen LogP contribution in [0.5, 0.6) is 0 Å². The van der Waals surface area contributed by atoms with Crippen LogP contribution in [0.15, 0.2) is 24.3 Å². The molecule has 0 aliphatic heterocycles. The van der Waals surface area contributed by atoms with Gasteiger partial charge < -0.3 is 0 Å².